The molecule has 0 radical (unpaired) electrons. The number of ether oxygens (including phenoxy) is 2. The summed E-state index contributed by atoms with van der Waals surface area (Å²) >= 11 is 5.92. The monoisotopic (exact) mass is 284 g/mol. The summed E-state index contributed by atoms with van der Waals surface area (Å²) < 4.78 is 11.3. The molecule has 0 spiro atoms. The molecule has 2 N–H and O–H groups in total. The normalized spacial score (nSPS) is 20.4. The van der Waals surface area contributed by atoms with Crippen molar-refractivity contribution in [3.05, 3.63) is 29.3 Å². The first kappa shape index (κ1) is 14.6. The summed E-state index contributed by atoms with van der Waals surface area (Å²) in [5.41, 5.74) is 0. The average Bonchev–Trinajstić information content (AvgIpc) is 2.90. The first-order chi connectivity index (χ1) is 9.24. The van der Waals surface area contributed by atoms with E-state index in [1.54, 1.807) is 0 Å². The Morgan fingerprint density at radius 2 is 2.42 bits per heavy atom. The molecule has 1 aromatic rings. The second-order valence-electron chi connectivity index (χ2n) is 5.27. The Hall–Kier alpha value is -0.770. The number of quaternary nitrogens is 1. The summed E-state index contributed by atoms with van der Waals surface area (Å²) in [6.07, 6.45) is 2.89. The Balaban J connectivity index is 1.60. The van der Waals surface area contributed by atoms with Crippen LogP contribution in [0.3, 0.4) is 0 Å². The summed E-state index contributed by atoms with van der Waals surface area (Å²) in [6.45, 7) is 6.01. The highest BCUT2D eigenvalue weighted by molar-refractivity contribution is 6.30. The molecule has 1 saturated heterocycles. The van der Waals surface area contributed by atoms with E-state index >= 15 is 0 Å². The quantitative estimate of drug-likeness (QED) is 0.832. The lowest BCUT2D eigenvalue weighted by molar-refractivity contribution is -0.665. The minimum Gasteiger partial charge on any atom is -0.493 e. The van der Waals surface area contributed by atoms with Gasteiger partial charge in [0.15, 0.2) is 0 Å². The highest BCUT2D eigenvalue weighted by Crippen LogP contribution is 2.17. The minimum atomic E-state index is 0.459. The van der Waals surface area contributed by atoms with Gasteiger partial charge in [-0.15, -0.1) is 0 Å². The van der Waals surface area contributed by atoms with Gasteiger partial charge in [-0.3, -0.25) is 0 Å². The fourth-order valence-electron chi connectivity index (χ4n) is 2.26. The Kier molecular flexibility index (Phi) is 5.95. The third-order valence-electron chi connectivity index (χ3n) is 3.35. The van der Waals surface area contributed by atoms with E-state index < -0.39 is 0 Å². The van der Waals surface area contributed by atoms with E-state index in [0.717, 1.165) is 37.1 Å². The molecule has 0 aromatic heterocycles. The molecule has 1 fully saturated rings. The largest absolute Gasteiger partial charge is 0.493 e. The van der Waals surface area contributed by atoms with Gasteiger partial charge in [0.1, 0.15) is 18.4 Å². The molecule has 3 nitrogen and oxygen atoms in total. The van der Waals surface area contributed by atoms with Crippen molar-refractivity contribution in [1.82, 2.24) is 0 Å². The SMILES string of the molecule is C[C@H](C[NH2+]C[C@H]1CCCO1)COc1cccc(Cl)c1. The van der Waals surface area contributed by atoms with Gasteiger partial charge in [-0.05, 0) is 31.0 Å². The first-order valence-electron chi connectivity index (χ1n) is 7.05. The molecule has 0 amide bonds. The molecule has 0 saturated carbocycles. The zero-order chi connectivity index (χ0) is 13.5. The lowest BCUT2D eigenvalue weighted by atomic mass is 10.2. The maximum atomic E-state index is 5.92. The Labute approximate surface area is 120 Å². The van der Waals surface area contributed by atoms with E-state index in [0.29, 0.717) is 12.0 Å². The van der Waals surface area contributed by atoms with Crippen molar-refractivity contribution in [2.75, 3.05) is 26.3 Å². The van der Waals surface area contributed by atoms with Crippen LogP contribution in [0.1, 0.15) is 19.8 Å². The zero-order valence-corrected chi connectivity index (χ0v) is 12.2. The molecule has 4 heteroatoms. The Bertz CT molecular complexity index is 380. The molecule has 19 heavy (non-hydrogen) atoms. The standard InChI is InChI=1S/C15H22ClNO2/c1-12(9-17-10-15-6-3-7-18-15)11-19-14-5-2-4-13(16)8-14/h2,4-5,8,12,15,17H,3,6-7,9-11H2,1H3/p+1/t12-,15-/m1/s1. The van der Waals surface area contributed by atoms with Crippen molar-refractivity contribution < 1.29 is 14.8 Å². The van der Waals surface area contributed by atoms with E-state index in [1.165, 1.54) is 12.8 Å². The lowest BCUT2D eigenvalue weighted by Crippen LogP contribution is -2.87. The molecule has 0 unspecified atom stereocenters. The first-order valence-corrected chi connectivity index (χ1v) is 7.43. The van der Waals surface area contributed by atoms with E-state index in [1.807, 2.05) is 24.3 Å². The molecule has 1 heterocycles. The van der Waals surface area contributed by atoms with E-state index in [2.05, 4.69) is 12.2 Å². The number of hydrogen-bond acceptors (Lipinski definition) is 2. The highest BCUT2D eigenvalue weighted by Gasteiger charge is 2.17. The smallest absolute Gasteiger partial charge is 0.120 e. The predicted octanol–water partition coefficient (Wildman–Crippen LogP) is 2.10. The molecular formula is C15H23ClNO2+. The maximum absolute atomic E-state index is 5.92. The van der Waals surface area contributed by atoms with Crippen LogP contribution in [0.5, 0.6) is 5.75 Å². The van der Waals surface area contributed by atoms with E-state index in [4.69, 9.17) is 21.1 Å². The van der Waals surface area contributed by atoms with E-state index in [-0.39, 0.29) is 0 Å². The highest BCUT2D eigenvalue weighted by atomic mass is 35.5. The summed E-state index contributed by atoms with van der Waals surface area (Å²) in [6, 6.07) is 7.55. The van der Waals surface area contributed by atoms with Crippen molar-refractivity contribution in [2.24, 2.45) is 5.92 Å². The molecule has 0 aliphatic carbocycles. The van der Waals surface area contributed by atoms with Crippen molar-refractivity contribution >= 4 is 11.6 Å². The van der Waals surface area contributed by atoms with Gasteiger partial charge < -0.3 is 14.8 Å². The van der Waals surface area contributed by atoms with E-state index in [9.17, 15) is 0 Å². The number of halogens is 1. The van der Waals surface area contributed by atoms with Crippen molar-refractivity contribution in [2.45, 2.75) is 25.9 Å². The van der Waals surface area contributed by atoms with Crippen LogP contribution in [-0.4, -0.2) is 32.4 Å². The molecule has 0 bridgehead atoms. The molecule has 1 aliphatic rings. The van der Waals surface area contributed by atoms with Gasteiger partial charge in [0.25, 0.3) is 0 Å². The summed E-state index contributed by atoms with van der Waals surface area (Å²) in [4.78, 5) is 0. The topological polar surface area (TPSA) is 35.1 Å². The third-order valence-corrected chi connectivity index (χ3v) is 3.59. The lowest BCUT2D eigenvalue weighted by Gasteiger charge is -2.14. The van der Waals surface area contributed by atoms with Gasteiger partial charge in [-0.2, -0.15) is 0 Å². The minimum absolute atomic E-state index is 0.459. The molecule has 106 valence electrons. The third kappa shape index (κ3) is 5.39. The molecule has 2 rings (SSSR count). The van der Waals surface area contributed by atoms with Gasteiger partial charge in [0.2, 0.25) is 0 Å². The van der Waals surface area contributed by atoms with Crippen LogP contribution in [0.15, 0.2) is 24.3 Å². The fourth-order valence-corrected chi connectivity index (χ4v) is 2.44. The van der Waals surface area contributed by atoms with Gasteiger partial charge in [-0.25, -0.2) is 0 Å². The second-order valence-corrected chi connectivity index (χ2v) is 5.71. The van der Waals surface area contributed by atoms with Gasteiger partial charge in [0.05, 0.1) is 13.2 Å². The molecular weight excluding hydrogens is 262 g/mol. The van der Waals surface area contributed by atoms with Gasteiger partial charge in [-0.1, -0.05) is 24.6 Å². The zero-order valence-electron chi connectivity index (χ0n) is 11.5. The van der Waals surface area contributed by atoms with Crippen LogP contribution in [0.4, 0.5) is 0 Å². The van der Waals surface area contributed by atoms with Gasteiger partial charge >= 0.3 is 0 Å². The van der Waals surface area contributed by atoms with Crippen LogP contribution < -0.4 is 10.1 Å². The number of rotatable bonds is 7. The van der Waals surface area contributed by atoms with Crippen molar-refractivity contribution in [1.29, 1.82) is 0 Å². The van der Waals surface area contributed by atoms with Crippen molar-refractivity contribution in [3.8, 4) is 5.75 Å². The Morgan fingerprint density at radius 3 is 3.16 bits per heavy atom. The van der Waals surface area contributed by atoms with Crippen LogP contribution in [0.25, 0.3) is 0 Å². The number of benzene rings is 1. The van der Waals surface area contributed by atoms with Crippen molar-refractivity contribution in [3.63, 3.8) is 0 Å². The predicted molar refractivity (Wildman–Crippen MR) is 76.7 cm³/mol. The van der Waals surface area contributed by atoms with Crippen LogP contribution in [0.2, 0.25) is 5.02 Å². The second kappa shape index (κ2) is 7.73. The summed E-state index contributed by atoms with van der Waals surface area (Å²) in [5, 5.41) is 3.05. The summed E-state index contributed by atoms with van der Waals surface area (Å²) in [5.74, 6) is 1.36. The Morgan fingerprint density at radius 1 is 1.53 bits per heavy atom. The maximum Gasteiger partial charge on any atom is 0.120 e. The molecule has 1 aliphatic heterocycles. The van der Waals surface area contributed by atoms with Gasteiger partial charge in [0, 0.05) is 17.5 Å². The fraction of sp³-hybridized carbons (Fsp3) is 0.600. The van der Waals surface area contributed by atoms with Crippen LogP contribution in [0, 0.1) is 5.92 Å². The summed E-state index contributed by atoms with van der Waals surface area (Å²) in [7, 11) is 0. The molecule has 2 atom stereocenters. The molecule has 1 aromatic carbocycles. The average molecular weight is 285 g/mol. The number of hydrogen-bond donors (Lipinski definition) is 1. The number of nitrogens with two attached hydrogens (primary N) is 1. The van der Waals surface area contributed by atoms with Crippen LogP contribution >= 0.6 is 11.6 Å². The van der Waals surface area contributed by atoms with Crippen LogP contribution in [-0.2, 0) is 4.74 Å².